The molecule has 1 aromatic rings. The molecule has 0 radical (unpaired) electrons. The summed E-state index contributed by atoms with van der Waals surface area (Å²) in [6, 6.07) is 1.47. The Labute approximate surface area is 145 Å². The van der Waals surface area contributed by atoms with E-state index in [0.29, 0.717) is 6.07 Å². The van der Waals surface area contributed by atoms with Crippen LogP contribution in [0.2, 0.25) is 0 Å². The highest BCUT2D eigenvalue weighted by Gasteiger charge is 2.36. The Bertz CT molecular complexity index is 641. The summed E-state index contributed by atoms with van der Waals surface area (Å²) in [4.78, 5) is 14.6. The number of halogens is 3. The highest BCUT2D eigenvalue weighted by atomic mass is 19.2. The van der Waals surface area contributed by atoms with Gasteiger partial charge < -0.3 is 10.1 Å². The van der Waals surface area contributed by atoms with Gasteiger partial charge in [-0.1, -0.05) is 0 Å². The number of methoxy groups -OCH3 is 1. The van der Waals surface area contributed by atoms with Crippen LogP contribution < -0.4 is 5.32 Å². The summed E-state index contributed by atoms with van der Waals surface area (Å²) < 4.78 is 45.3. The molecule has 1 saturated carbocycles. The lowest BCUT2D eigenvalue weighted by atomic mass is 10.1. The average Bonchev–Trinajstić information content (AvgIpc) is 3.21. The van der Waals surface area contributed by atoms with Crippen LogP contribution in [0.5, 0.6) is 0 Å². The molecule has 1 aromatic carbocycles. The first kappa shape index (κ1) is 18.2. The highest BCUT2D eigenvalue weighted by molar-refractivity contribution is 5.79. The predicted octanol–water partition coefficient (Wildman–Crippen LogP) is 2.40. The second-order valence-electron chi connectivity index (χ2n) is 6.85. The van der Waals surface area contributed by atoms with Gasteiger partial charge in [-0.3, -0.25) is 9.69 Å². The second kappa shape index (κ2) is 7.74. The van der Waals surface area contributed by atoms with Crippen molar-refractivity contribution in [2.45, 2.75) is 50.3 Å². The zero-order valence-corrected chi connectivity index (χ0v) is 14.2. The fourth-order valence-electron chi connectivity index (χ4n) is 3.92. The Kier molecular flexibility index (Phi) is 5.64. The lowest BCUT2D eigenvalue weighted by molar-refractivity contribution is -0.121. The Morgan fingerprint density at radius 3 is 2.68 bits per heavy atom. The van der Waals surface area contributed by atoms with Crippen LogP contribution >= 0.6 is 0 Å². The Morgan fingerprint density at radius 2 is 1.96 bits per heavy atom. The molecular formula is C18H23F3N2O2. The summed E-state index contributed by atoms with van der Waals surface area (Å²) >= 11 is 0. The summed E-state index contributed by atoms with van der Waals surface area (Å²) in [6.45, 7) is 1.79. The number of hydrogen-bond donors (Lipinski definition) is 1. The van der Waals surface area contributed by atoms with Crippen molar-refractivity contribution >= 4 is 5.91 Å². The van der Waals surface area contributed by atoms with E-state index >= 15 is 0 Å². The van der Waals surface area contributed by atoms with Gasteiger partial charge in [-0.05, 0) is 31.7 Å². The van der Waals surface area contributed by atoms with E-state index < -0.39 is 17.5 Å². The molecule has 1 unspecified atom stereocenters. The van der Waals surface area contributed by atoms with E-state index in [9.17, 15) is 18.0 Å². The molecule has 25 heavy (non-hydrogen) atoms. The third kappa shape index (κ3) is 4.15. The summed E-state index contributed by atoms with van der Waals surface area (Å²) in [5.74, 6) is -3.67. The molecule has 1 amide bonds. The van der Waals surface area contributed by atoms with Crippen LogP contribution in [0, 0.1) is 17.5 Å². The Morgan fingerprint density at radius 1 is 1.20 bits per heavy atom. The molecule has 0 bridgehead atoms. The topological polar surface area (TPSA) is 41.6 Å². The van der Waals surface area contributed by atoms with Crippen LogP contribution in [0.3, 0.4) is 0 Å². The van der Waals surface area contributed by atoms with Gasteiger partial charge in [-0.25, -0.2) is 13.2 Å². The SMILES string of the molecule is COC1CCN([C@H]2CCC[C@H]2NC(=O)Cc2cc(F)c(F)cc2F)C1. The van der Waals surface area contributed by atoms with Crippen molar-refractivity contribution in [2.24, 2.45) is 0 Å². The number of likely N-dealkylation sites (tertiary alicyclic amines) is 1. The standard InChI is InChI=1S/C18H23F3N2O2/c1-25-12-5-6-23(10-12)17-4-2-3-16(17)22-18(24)8-11-7-14(20)15(21)9-13(11)19/h7,9,12,16-17H,2-6,8,10H2,1H3,(H,22,24)/t12?,16-,17+/m1/s1. The van der Waals surface area contributed by atoms with Crippen molar-refractivity contribution in [3.8, 4) is 0 Å². The van der Waals surface area contributed by atoms with Crippen LogP contribution in [0.15, 0.2) is 12.1 Å². The fraction of sp³-hybridized carbons (Fsp3) is 0.611. The van der Waals surface area contributed by atoms with E-state index in [1.165, 1.54) is 0 Å². The largest absolute Gasteiger partial charge is 0.380 e. The van der Waals surface area contributed by atoms with Crippen molar-refractivity contribution in [3.63, 3.8) is 0 Å². The molecule has 3 atom stereocenters. The summed E-state index contributed by atoms with van der Waals surface area (Å²) in [5.41, 5.74) is -0.133. The van der Waals surface area contributed by atoms with E-state index in [2.05, 4.69) is 10.2 Å². The minimum absolute atomic E-state index is 0.00328. The van der Waals surface area contributed by atoms with E-state index in [0.717, 1.165) is 44.8 Å². The van der Waals surface area contributed by atoms with Gasteiger partial charge in [0.25, 0.3) is 0 Å². The van der Waals surface area contributed by atoms with Gasteiger partial charge >= 0.3 is 0 Å². The number of carbonyl (C=O) groups excluding carboxylic acids is 1. The average molecular weight is 356 g/mol. The van der Waals surface area contributed by atoms with Gasteiger partial charge in [0.1, 0.15) is 5.82 Å². The van der Waals surface area contributed by atoms with E-state index in [1.54, 1.807) is 7.11 Å². The fourth-order valence-corrected chi connectivity index (χ4v) is 3.92. The monoisotopic (exact) mass is 356 g/mol. The molecule has 1 saturated heterocycles. The third-order valence-corrected chi connectivity index (χ3v) is 5.24. The first-order valence-electron chi connectivity index (χ1n) is 8.67. The number of rotatable bonds is 5. The number of nitrogens with zero attached hydrogens (tertiary/aromatic N) is 1. The van der Waals surface area contributed by atoms with Gasteiger partial charge in [0, 0.05) is 43.9 Å². The Hall–Kier alpha value is -1.60. The lowest BCUT2D eigenvalue weighted by Gasteiger charge is -2.30. The molecule has 1 heterocycles. The normalized spacial score (nSPS) is 27.0. The molecule has 1 aliphatic heterocycles. The van der Waals surface area contributed by atoms with Crippen LogP contribution in [0.1, 0.15) is 31.2 Å². The van der Waals surface area contributed by atoms with Crippen LogP contribution in [0.25, 0.3) is 0 Å². The van der Waals surface area contributed by atoms with Gasteiger partial charge in [0.05, 0.1) is 12.5 Å². The van der Waals surface area contributed by atoms with E-state index in [-0.39, 0.29) is 36.1 Å². The molecule has 4 nitrogen and oxygen atoms in total. The number of benzene rings is 1. The molecule has 138 valence electrons. The molecule has 2 fully saturated rings. The van der Waals surface area contributed by atoms with Crippen LogP contribution in [0.4, 0.5) is 13.2 Å². The zero-order chi connectivity index (χ0) is 18.0. The van der Waals surface area contributed by atoms with Crippen molar-refractivity contribution < 1.29 is 22.7 Å². The summed E-state index contributed by atoms with van der Waals surface area (Å²) in [5, 5.41) is 2.94. The van der Waals surface area contributed by atoms with Crippen molar-refractivity contribution in [1.82, 2.24) is 10.2 Å². The zero-order valence-electron chi connectivity index (χ0n) is 14.2. The van der Waals surface area contributed by atoms with E-state index in [4.69, 9.17) is 4.74 Å². The maximum atomic E-state index is 13.7. The summed E-state index contributed by atoms with van der Waals surface area (Å²) in [6.07, 6.45) is 3.80. The maximum absolute atomic E-state index is 13.7. The van der Waals surface area contributed by atoms with Crippen molar-refractivity contribution in [2.75, 3.05) is 20.2 Å². The minimum atomic E-state index is -1.25. The second-order valence-corrected chi connectivity index (χ2v) is 6.85. The van der Waals surface area contributed by atoms with Gasteiger partial charge in [-0.15, -0.1) is 0 Å². The van der Waals surface area contributed by atoms with Gasteiger partial charge in [0.2, 0.25) is 5.91 Å². The molecule has 3 rings (SSSR count). The number of hydrogen-bond acceptors (Lipinski definition) is 3. The number of amides is 1. The Balaban J connectivity index is 1.60. The molecule has 0 aromatic heterocycles. The van der Waals surface area contributed by atoms with Crippen molar-refractivity contribution in [3.05, 3.63) is 35.1 Å². The van der Waals surface area contributed by atoms with Crippen LogP contribution in [-0.2, 0) is 16.0 Å². The minimum Gasteiger partial charge on any atom is -0.380 e. The molecule has 7 heteroatoms. The first-order valence-corrected chi connectivity index (χ1v) is 8.67. The molecular weight excluding hydrogens is 333 g/mol. The summed E-state index contributed by atoms with van der Waals surface area (Å²) in [7, 11) is 1.71. The highest BCUT2D eigenvalue weighted by Crippen LogP contribution is 2.28. The first-order chi connectivity index (χ1) is 12.0. The van der Waals surface area contributed by atoms with E-state index in [1.807, 2.05) is 0 Å². The third-order valence-electron chi connectivity index (χ3n) is 5.24. The predicted molar refractivity (Wildman–Crippen MR) is 86.6 cm³/mol. The number of nitrogens with one attached hydrogen (secondary N) is 1. The smallest absolute Gasteiger partial charge is 0.224 e. The number of ether oxygens (including phenoxy) is 1. The maximum Gasteiger partial charge on any atom is 0.224 e. The molecule has 1 N–H and O–H groups in total. The quantitative estimate of drug-likeness (QED) is 0.824. The molecule has 1 aliphatic carbocycles. The van der Waals surface area contributed by atoms with Crippen molar-refractivity contribution in [1.29, 1.82) is 0 Å². The molecule has 0 spiro atoms. The lowest BCUT2D eigenvalue weighted by Crippen LogP contribution is -2.48. The number of carbonyl (C=O) groups is 1. The molecule has 2 aliphatic rings. The van der Waals surface area contributed by atoms with Gasteiger partial charge in [0.15, 0.2) is 11.6 Å². The van der Waals surface area contributed by atoms with Gasteiger partial charge in [-0.2, -0.15) is 0 Å². The van der Waals surface area contributed by atoms with Crippen LogP contribution in [-0.4, -0.2) is 49.2 Å².